The second kappa shape index (κ2) is 7.37. The van der Waals surface area contributed by atoms with Crippen LogP contribution in [0.1, 0.15) is 26.4 Å². The van der Waals surface area contributed by atoms with Crippen molar-refractivity contribution in [2.75, 3.05) is 17.2 Å². The van der Waals surface area contributed by atoms with Gasteiger partial charge in [0.2, 0.25) is 0 Å². The fraction of sp³-hybridized carbons (Fsp3) is 0.250. The van der Waals surface area contributed by atoms with Crippen molar-refractivity contribution >= 4 is 45.6 Å². The van der Waals surface area contributed by atoms with Crippen molar-refractivity contribution in [1.82, 2.24) is 0 Å². The molecule has 0 saturated heterocycles. The van der Waals surface area contributed by atoms with E-state index in [1.54, 1.807) is 0 Å². The lowest BCUT2D eigenvalue weighted by atomic mass is 10.1. The predicted molar refractivity (Wildman–Crippen MR) is 95.3 cm³/mol. The molecular formula is C16H13ClF3N3O3S. The lowest BCUT2D eigenvalue weighted by Crippen LogP contribution is -2.22. The smallest absolute Gasteiger partial charge is 0.376 e. The van der Waals surface area contributed by atoms with Crippen molar-refractivity contribution in [3.63, 3.8) is 0 Å². The van der Waals surface area contributed by atoms with Crippen molar-refractivity contribution in [3.8, 4) is 0 Å². The van der Waals surface area contributed by atoms with E-state index in [9.17, 15) is 22.8 Å². The number of nitrogens with two attached hydrogens (primary N) is 1. The van der Waals surface area contributed by atoms with Crippen molar-refractivity contribution < 1.29 is 27.5 Å². The lowest BCUT2D eigenvalue weighted by Gasteiger charge is -2.13. The summed E-state index contributed by atoms with van der Waals surface area (Å²) in [7, 11) is 0. The predicted octanol–water partition coefficient (Wildman–Crippen LogP) is 4.24. The van der Waals surface area contributed by atoms with E-state index >= 15 is 0 Å². The molecule has 11 heteroatoms. The first-order valence-corrected chi connectivity index (χ1v) is 8.83. The van der Waals surface area contributed by atoms with Gasteiger partial charge in [0.25, 0.3) is 5.91 Å². The minimum absolute atomic E-state index is 0.102. The van der Waals surface area contributed by atoms with Gasteiger partial charge in [0.05, 0.1) is 29.4 Å². The summed E-state index contributed by atoms with van der Waals surface area (Å²) in [6, 6.07) is 2.19. The van der Waals surface area contributed by atoms with Crippen LogP contribution in [0.3, 0.4) is 0 Å². The molecule has 0 atom stereocenters. The van der Waals surface area contributed by atoms with Gasteiger partial charge in [0.1, 0.15) is 5.00 Å². The summed E-state index contributed by atoms with van der Waals surface area (Å²) < 4.78 is 44.0. The van der Waals surface area contributed by atoms with Crippen molar-refractivity contribution in [2.45, 2.75) is 19.2 Å². The number of hydrogen-bond donors (Lipinski definition) is 3. The Kier molecular flexibility index (Phi) is 5.31. The molecule has 2 aromatic rings. The van der Waals surface area contributed by atoms with E-state index in [0.29, 0.717) is 19.6 Å². The molecule has 27 heavy (non-hydrogen) atoms. The third kappa shape index (κ3) is 4.18. The first-order chi connectivity index (χ1) is 12.7. The molecule has 2 heterocycles. The molecule has 0 fully saturated rings. The maximum atomic E-state index is 12.9. The van der Waals surface area contributed by atoms with E-state index < -0.39 is 28.7 Å². The number of thiophene rings is 1. The van der Waals surface area contributed by atoms with Gasteiger partial charge in [-0.2, -0.15) is 13.2 Å². The SMILES string of the molecule is NC(=O)c1c(NC(=O)Nc2ccc(Cl)c(C(F)(F)F)c2)sc2c1CCOC2. The van der Waals surface area contributed by atoms with Gasteiger partial charge in [0, 0.05) is 10.6 Å². The largest absolute Gasteiger partial charge is 0.417 e. The number of primary amides is 1. The number of alkyl halides is 3. The van der Waals surface area contributed by atoms with Crippen LogP contribution in [0.2, 0.25) is 5.02 Å². The summed E-state index contributed by atoms with van der Waals surface area (Å²) in [6.07, 6.45) is -4.17. The molecule has 0 bridgehead atoms. The van der Waals surface area contributed by atoms with E-state index in [4.69, 9.17) is 22.1 Å². The summed E-state index contributed by atoms with van der Waals surface area (Å²) in [5.74, 6) is -0.699. The van der Waals surface area contributed by atoms with Gasteiger partial charge in [-0.1, -0.05) is 11.6 Å². The number of fused-ring (bicyclic) bond motifs is 1. The van der Waals surface area contributed by atoms with Gasteiger partial charge in [-0.05, 0) is 30.2 Å². The second-order valence-corrected chi connectivity index (χ2v) is 7.16. The third-order valence-corrected chi connectivity index (χ3v) is 5.27. The number of nitrogens with one attached hydrogen (secondary N) is 2. The number of halogens is 4. The van der Waals surface area contributed by atoms with E-state index in [1.165, 1.54) is 6.07 Å². The quantitative estimate of drug-likeness (QED) is 0.694. The van der Waals surface area contributed by atoms with E-state index in [0.717, 1.165) is 33.9 Å². The summed E-state index contributed by atoms with van der Waals surface area (Å²) in [4.78, 5) is 24.7. The molecule has 3 amide bonds. The van der Waals surface area contributed by atoms with Gasteiger partial charge in [-0.15, -0.1) is 11.3 Å². The number of benzene rings is 1. The molecule has 0 saturated carbocycles. The third-order valence-electron chi connectivity index (χ3n) is 3.82. The van der Waals surface area contributed by atoms with Crippen LogP contribution in [0, 0.1) is 0 Å². The van der Waals surface area contributed by atoms with Crippen LogP contribution in [-0.2, 0) is 23.9 Å². The van der Waals surface area contributed by atoms with Gasteiger partial charge < -0.3 is 15.8 Å². The van der Waals surface area contributed by atoms with Gasteiger partial charge in [-0.3, -0.25) is 10.1 Å². The highest BCUT2D eigenvalue weighted by atomic mass is 35.5. The minimum Gasteiger partial charge on any atom is -0.376 e. The Morgan fingerprint density at radius 2 is 2.00 bits per heavy atom. The average molecular weight is 420 g/mol. The lowest BCUT2D eigenvalue weighted by molar-refractivity contribution is -0.137. The number of amides is 3. The highest BCUT2D eigenvalue weighted by Gasteiger charge is 2.33. The topological polar surface area (TPSA) is 93.5 Å². The Hall–Kier alpha value is -2.30. The Morgan fingerprint density at radius 1 is 1.26 bits per heavy atom. The van der Waals surface area contributed by atoms with Gasteiger partial charge in [0.15, 0.2) is 0 Å². The maximum Gasteiger partial charge on any atom is 0.417 e. The molecule has 0 aliphatic carbocycles. The normalized spacial score (nSPS) is 13.8. The number of urea groups is 1. The van der Waals surface area contributed by atoms with E-state index in [1.807, 2.05) is 0 Å². The number of anilines is 2. The summed E-state index contributed by atoms with van der Waals surface area (Å²) in [5, 5.41) is 4.51. The van der Waals surface area contributed by atoms with Crippen LogP contribution < -0.4 is 16.4 Å². The molecule has 1 aliphatic rings. The highest BCUT2D eigenvalue weighted by Crippen LogP contribution is 2.37. The van der Waals surface area contributed by atoms with Gasteiger partial charge >= 0.3 is 12.2 Å². The first kappa shape index (κ1) is 19.5. The fourth-order valence-electron chi connectivity index (χ4n) is 2.67. The molecule has 3 rings (SSSR count). The maximum absolute atomic E-state index is 12.9. The molecule has 1 aromatic heterocycles. The molecule has 1 aromatic carbocycles. The zero-order chi connectivity index (χ0) is 19.8. The Morgan fingerprint density at radius 3 is 2.67 bits per heavy atom. The summed E-state index contributed by atoms with van der Waals surface area (Å²) in [5.41, 5.74) is 5.16. The molecule has 1 aliphatic heterocycles. The van der Waals surface area contributed by atoms with Crippen LogP contribution in [0.25, 0.3) is 0 Å². The molecule has 4 N–H and O–H groups in total. The summed E-state index contributed by atoms with van der Waals surface area (Å²) >= 11 is 6.69. The van der Waals surface area contributed by atoms with Crippen LogP contribution in [0.15, 0.2) is 18.2 Å². The zero-order valence-corrected chi connectivity index (χ0v) is 15.1. The molecule has 6 nitrogen and oxygen atoms in total. The van der Waals surface area contributed by atoms with Crippen LogP contribution >= 0.6 is 22.9 Å². The van der Waals surface area contributed by atoms with Crippen LogP contribution in [0.4, 0.5) is 28.7 Å². The molecular weight excluding hydrogens is 407 g/mol. The Balaban J connectivity index is 1.81. The molecule has 0 radical (unpaired) electrons. The number of carbonyl (C=O) groups excluding carboxylic acids is 2. The number of hydrogen-bond acceptors (Lipinski definition) is 4. The highest BCUT2D eigenvalue weighted by molar-refractivity contribution is 7.17. The van der Waals surface area contributed by atoms with Crippen LogP contribution in [0.5, 0.6) is 0 Å². The standard InChI is InChI=1S/C16H13ClF3N3O3S/c17-10-2-1-7(5-9(10)16(18,19)20)22-15(25)23-14-12(13(21)24)8-3-4-26-6-11(8)27-14/h1-2,5H,3-4,6H2,(H2,21,24)(H2,22,23,25). The number of rotatable bonds is 3. The minimum atomic E-state index is -4.66. The molecule has 0 unspecified atom stereocenters. The number of ether oxygens (including phenoxy) is 1. The van der Waals surface area contributed by atoms with E-state index in [2.05, 4.69) is 10.6 Å². The van der Waals surface area contributed by atoms with Crippen molar-refractivity contribution in [3.05, 3.63) is 44.8 Å². The zero-order valence-electron chi connectivity index (χ0n) is 13.6. The molecule has 0 spiro atoms. The van der Waals surface area contributed by atoms with Gasteiger partial charge in [-0.25, -0.2) is 4.79 Å². The van der Waals surface area contributed by atoms with Crippen molar-refractivity contribution in [2.24, 2.45) is 5.73 Å². The van der Waals surface area contributed by atoms with Crippen molar-refractivity contribution in [1.29, 1.82) is 0 Å². The fourth-order valence-corrected chi connectivity index (χ4v) is 4.08. The van der Waals surface area contributed by atoms with Crippen LogP contribution in [-0.4, -0.2) is 18.5 Å². The first-order valence-electron chi connectivity index (χ1n) is 7.63. The summed E-state index contributed by atoms with van der Waals surface area (Å²) in [6.45, 7) is 0.732. The number of carbonyl (C=O) groups is 2. The second-order valence-electron chi connectivity index (χ2n) is 5.65. The average Bonchev–Trinajstić information content (AvgIpc) is 2.93. The molecule has 144 valence electrons. The van der Waals surface area contributed by atoms with E-state index in [-0.39, 0.29) is 16.3 Å². The Labute approximate surface area is 160 Å². The monoisotopic (exact) mass is 419 g/mol. The Bertz CT molecular complexity index is 914.